The maximum atomic E-state index is 13.6. The molecule has 0 aliphatic heterocycles. The number of carbonyl (C=O) groups excluding carboxylic acids is 1. The molecule has 0 aromatic heterocycles. The Labute approximate surface area is 183 Å². The van der Waals surface area contributed by atoms with Gasteiger partial charge < -0.3 is 0 Å². The average molecular weight is 403 g/mol. The summed E-state index contributed by atoms with van der Waals surface area (Å²) in [7, 11) is 0. The first-order chi connectivity index (χ1) is 13.7. The van der Waals surface area contributed by atoms with Crippen molar-refractivity contribution in [1.82, 2.24) is 0 Å². The Morgan fingerprint density at radius 2 is 0.833 bits per heavy atom. The third kappa shape index (κ3) is 3.35. The van der Waals surface area contributed by atoms with E-state index in [0.717, 1.165) is 24.0 Å². The van der Waals surface area contributed by atoms with Crippen LogP contribution in [0.15, 0.2) is 36.4 Å². The van der Waals surface area contributed by atoms with Gasteiger partial charge in [-0.3, -0.25) is 4.79 Å². The van der Waals surface area contributed by atoms with Crippen LogP contribution in [0.25, 0.3) is 0 Å². The van der Waals surface area contributed by atoms with Gasteiger partial charge in [0.05, 0.1) is 0 Å². The van der Waals surface area contributed by atoms with Crippen molar-refractivity contribution in [2.24, 2.45) is 0 Å². The molecule has 0 saturated carbocycles. The Morgan fingerprint density at radius 3 is 1.17 bits per heavy atom. The first-order valence-corrected chi connectivity index (χ1v) is 11.6. The van der Waals surface area contributed by atoms with Crippen molar-refractivity contribution in [2.45, 2.75) is 103 Å². The van der Waals surface area contributed by atoms with Gasteiger partial charge in [0, 0.05) is 11.1 Å². The van der Waals surface area contributed by atoms with Gasteiger partial charge in [0.25, 0.3) is 0 Å². The molecule has 0 fully saturated rings. The molecule has 0 saturated heterocycles. The summed E-state index contributed by atoms with van der Waals surface area (Å²) >= 11 is 0. The summed E-state index contributed by atoms with van der Waals surface area (Å²) in [6, 6.07) is 12.9. The van der Waals surface area contributed by atoms with E-state index in [0.29, 0.717) is 0 Å². The number of ketones is 1. The fourth-order valence-corrected chi connectivity index (χ4v) is 5.63. The molecule has 0 atom stereocenters. The predicted octanol–water partition coefficient (Wildman–Crippen LogP) is 7.62. The van der Waals surface area contributed by atoms with Crippen LogP contribution in [0.2, 0.25) is 0 Å². The lowest BCUT2D eigenvalue weighted by Gasteiger charge is -2.42. The van der Waals surface area contributed by atoms with E-state index < -0.39 is 0 Å². The SMILES string of the molecule is CC1(C)CCC(C)(C)c2cc(C(=O)c3ccc4c(c3)C(C)(C)CCC4(C)C)ccc21. The lowest BCUT2D eigenvalue weighted by Crippen LogP contribution is -2.34. The maximum Gasteiger partial charge on any atom is 0.193 e. The lowest BCUT2D eigenvalue weighted by atomic mass is 9.62. The van der Waals surface area contributed by atoms with Gasteiger partial charge in [-0.1, -0.05) is 79.7 Å². The molecule has 0 spiro atoms. The van der Waals surface area contributed by atoms with Gasteiger partial charge in [-0.25, -0.2) is 0 Å². The molecule has 0 amide bonds. The van der Waals surface area contributed by atoms with Gasteiger partial charge in [0.1, 0.15) is 0 Å². The smallest absolute Gasteiger partial charge is 0.193 e. The summed E-state index contributed by atoms with van der Waals surface area (Å²) in [5, 5.41) is 0. The van der Waals surface area contributed by atoms with Crippen LogP contribution in [0.4, 0.5) is 0 Å². The van der Waals surface area contributed by atoms with Crippen molar-refractivity contribution < 1.29 is 4.79 Å². The van der Waals surface area contributed by atoms with Crippen molar-refractivity contribution >= 4 is 5.78 Å². The second-order valence-electron chi connectivity index (χ2n) is 12.4. The molecule has 0 heterocycles. The van der Waals surface area contributed by atoms with Gasteiger partial charge in [-0.05, 0) is 81.7 Å². The van der Waals surface area contributed by atoms with E-state index >= 15 is 0 Å². The van der Waals surface area contributed by atoms with Crippen molar-refractivity contribution in [3.05, 3.63) is 69.8 Å². The Bertz CT molecular complexity index is 935. The number of hydrogen-bond donors (Lipinski definition) is 0. The third-order valence-electron chi connectivity index (χ3n) is 8.23. The largest absolute Gasteiger partial charge is 0.289 e. The van der Waals surface area contributed by atoms with Crippen LogP contribution in [0.3, 0.4) is 0 Å². The highest BCUT2D eigenvalue weighted by atomic mass is 16.1. The zero-order chi connectivity index (χ0) is 22.1. The average Bonchev–Trinajstić information content (AvgIpc) is 2.68. The molecule has 2 aliphatic rings. The van der Waals surface area contributed by atoms with Crippen LogP contribution in [-0.2, 0) is 21.7 Å². The van der Waals surface area contributed by atoms with E-state index in [4.69, 9.17) is 0 Å². The maximum absolute atomic E-state index is 13.6. The van der Waals surface area contributed by atoms with Gasteiger partial charge in [0.15, 0.2) is 5.78 Å². The van der Waals surface area contributed by atoms with Crippen LogP contribution >= 0.6 is 0 Å². The van der Waals surface area contributed by atoms with Gasteiger partial charge >= 0.3 is 0 Å². The Hall–Kier alpha value is -1.89. The van der Waals surface area contributed by atoms with E-state index in [1.807, 2.05) is 0 Å². The standard InChI is InChI=1S/C29H38O/c1-26(2)13-15-28(5,6)23-17-19(9-11-21(23)26)25(30)20-10-12-22-24(18-20)29(7,8)16-14-27(22,3)4/h9-12,17-18H,13-16H2,1-8H3. The van der Waals surface area contributed by atoms with E-state index in [9.17, 15) is 4.79 Å². The first-order valence-electron chi connectivity index (χ1n) is 11.6. The highest BCUT2D eigenvalue weighted by Gasteiger charge is 2.39. The minimum absolute atomic E-state index is 0.114. The van der Waals surface area contributed by atoms with Crippen molar-refractivity contribution in [1.29, 1.82) is 0 Å². The van der Waals surface area contributed by atoms with Gasteiger partial charge in [-0.15, -0.1) is 0 Å². The summed E-state index contributed by atoms with van der Waals surface area (Å²) < 4.78 is 0. The second kappa shape index (κ2) is 6.55. The fraction of sp³-hybridized carbons (Fsp3) is 0.552. The number of benzene rings is 2. The molecule has 1 heteroatoms. The minimum atomic E-state index is 0.114. The molecule has 0 N–H and O–H groups in total. The lowest BCUT2D eigenvalue weighted by molar-refractivity contribution is 0.103. The molecule has 0 bridgehead atoms. The van der Waals surface area contributed by atoms with Crippen LogP contribution in [0.1, 0.15) is 119 Å². The Balaban J connectivity index is 1.78. The predicted molar refractivity (Wildman–Crippen MR) is 127 cm³/mol. The number of carbonyl (C=O) groups is 1. The molecule has 2 aliphatic carbocycles. The van der Waals surface area contributed by atoms with Crippen molar-refractivity contribution in [3.63, 3.8) is 0 Å². The molecule has 0 radical (unpaired) electrons. The van der Waals surface area contributed by atoms with E-state index in [1.54, 1.807) is 0 Å². The molecular formula is C29H38O. The topological polar surface area (TPSA) is 17.1 Å². The van der Waals surface area contributed by atoms with Gasteiger partial charge in [0.2, 0.25) is 0 Å². The van der Waals surface area contributed by atoms with Crippen molar-refractivity contribution in [2.75, 3.05) is 0 Å². The summed E-state index contributed by atoms with van der Waals surface area (Å²) in [5.74, 6) is 0.152. The summed E-state index contributed by atoms with van der Waals surface area (Å²) in [6.07, 6.45) is 4.70. The normalized spacial score (nSPS) is 22.7. The molecule has 30 heavy (non-hydrogen) atoms. The van der Waals surface area contributed by atoms with Crippen molar-refractivity contribution in [3.8, 4) is 0 Å². The molecule has 2 aromatic rings. The van der Waals surface area contributed by atoms with E-state index in [2.05, 4.69) is 91.8 Å². The quantitative estimate of drug-likeness (QED) is 0.472. The fourth-order valence-electron chi connectivity index (χ4n) is 5.63. The Morgan fingerprint density at radius 1 is 0.533 bits per heavy atom. The molecule has 2 aromatic carbocycles. The molecule has 0 unspecified atom stereocenters. The highest BCUT2D eigenvalue weighted by Crippen LogP contribution is 2.47. The third-order valence-corrected chi connectivity index (χ3v) is 8.23. The molecule has 1 nitrogen and oxygen atoms in total. The number of rotatable bonds is 2. The highest BCUT2D eigenvalue weighted by molar-refractivity contribution is 6.09. The van der Waals surface area contributed by atoms with Gasteiger partial charge in [-0.2, -0.15) is 0 Å². The molecule has 4 rings (SSSR count). The Kier molecular flexibility index (Phi) is 4.66. The zero-order valence-corrected chi connectivity index (χ0v) is 20.2. The van der Waals surface area contributed by atoms with Crippen LogP contribution in [-0.4, -0.2) is 5.78 Å². The zero-order valence-electron chi connectivity index (χ0n) is 20.2. The van der Waals surface area contributed by atoms with Crippen LogP contribution in [0.5, 0.6) is 0 Å². The van der Waals surface area contributed by atoms with E-state index in [-0.39, 0.29) is 27.4 Å². The summed E-state index contributed by atoms with van der Waals surface area (Å²) in [5.41, 5.74) is 7.74. The van der Waals surface area contributed by atoms with Crippen LogP contribution in [0, 0.1) is 0 Å². The second-order valence-corrected chi connectivity index (χ2v) is 12.4. The summed E-state index contributed by atoms with van der Waals surface area (Å²) in [6.45, 7) is 18.6. The van der Waals surface area contributed by atoms with Crippen LogP contribution < -0.4 is 0 Å². The monoisotopic (exact) mass is 402 g/mol. The summed E-state index contributed by atoms with van der Waals surface area (Å²) in [4.78, 5) is 13.6. The van der Waals surface area contributed by atoms with E-state index in [1.165, 1.54) is 35.1 Å². The molecular weight excluding hydrogens is 364 g/mol. The first kappa shape index (κ1) is 21.3. The minimum Gasteiger partial charge on any atom is -0.289 e. The molecule has 160 valence electrons. The number of hydrogen-bond acceptors (Lipinski definition) is 1. The number of fused-ring (bicyclic) bond motifs is 2.